The molecule has 5 nitrogen and oxygen atoms in total. The van der Waals surface area contributed by atoms with Crippen LogP contribution in [0, 0.1) is 0 Å². The van der Waals surface area contributed by atoms with E-state index in [4.69, 9.17) is 23.1 Å². The average Bonchev–Trinajstić information content (AvgIpc) is 2.32. The van der Waals surface area contributed by atoms with Crippen molar-refractivity contribution < 1.29 is 4.79 Å². The Morgan fingerprint density at radius 2 is 2.00 bits per heavy atom. The number of carbonyl (C=O) groups excluding carboxylic acids is 1. The number of anilines is 3. The number of carbonyl (C=O) groups is 1. The molecule has 1 amide bonds. The predicted octanol–water partition coefficient (Wildman–Crippen LogP) is 2.15. The first kappa shape index (κ1) is 12.2. The number of amides is 1. The Balaban J connectivity index is 2.19. The Kier molecular flexibility index (Phi) is 3.34. The van der Waals surface area contributed by atoms with E-state index in [0.29, 0.717) is 27.8 Å². The largest absolute Gasteiger partial charge is 0.399 e. The molecule has 0 radical (unpaired) electrons. The Morgan fingerprint density at radius 3 is 2.61 bits per heavy atom. The zero-order valence-electron chi connectivity index (χ0n) is 9.35. The van der Waals surface area contributed by atoms with E-state index >= 15 is 0 Å². The van der Waals surface area contributed by atoms with Crippen molar-refractivity contribution in [1.29, 1.82) is 0 Å². The second kappa shape index (κ2) is 4.93. The summed E-state index contributed by atoms with van der Waals surface area (Å²) in [4.78, 5) is 15.8. The van der Waals surface area contributed by atoms with Gasteiger partial charge in [0.25, 0.3) is 5.91 Å². The Morgan fingerprint density at radius 1 is 1.22 bits per heavy atom. The van der Waals surface area contributed by atoms with Crippen LogP contribution in [0.2, 0.25) is 5.15 Å². The summed E-state index contributed by atoms with van der Waals surface area (Å²) in [6, 6.07) is 7.97. The second-order valence-electron chi connectivity index (χ2n) is 3.67. The summed E-state index contributed by atoms with van der Waals surface area (Å²) in [5, 5.41) is 3.03. The van der Waals surface area contributed by atoms with Crippen LogP contribution in [-0.2, 0) is 0 Å². The highest BCUT2D eigenvalue weighted by molar-refractivity contribution is 6.29. The maximum atomic E-state index is 11.9. The highest BCUT2D eigenvalue weighted by Crippen LogP contribution is 2.18. The maximum absolute atomic E-state index is 11.9. The predicted molar refractivity (Wildman–Crippen MR) is 72.5 cm³/mol. The lowest BCUT2D eigenvalue weighted by Gasteiger charge is -2.07. The van der Waals surface area contributed by atoms with E-state index < -0.39 is 0 Å². The molecule has 0 aliphatic heterocycles. The third-order valence-electron chi connectivity index (χ3n) is 2.31. The lowest BCUT2D eigenvalue weighted by atomic mass is 10.1. The minimum Gasteiger partial charge on any atom is -0.399 e. The number of nitrogens with one attached hydrogen (secondary N) is 1. The van der Waals surface area contributed by atoms with Crippen molar-refractivity contribution in [3.05, 3.63) is 47.2 Å². The Hall–Kier alpha value is -2.27. The van der Waals surface area contributed by atoms with E-state index in [2.05, 4.69) is 10.3 Å². The molecule has 0 atom stereocenters. The summed E-state index contributed by atoms with van der Waals surface area (Å²) < 4.78 is 0. The van der Waals surface area contributed by atoms with Gasteiger partial charge in [0.05, 0.1) is 17.4 Å². The molecule has 0 spiro atoms. The smallest absolute Gasteiger partial charge is 0.257 e. The molecule has 1 heterocycles. The van der Waals surface area contributed by atoms with Gasteiger partial charge < -0.3 is 16.8 Å². The number of nitrogen functional groups attached to an aromatic ring is 2. The van der Waals surface area contributed by atoms with Gasteiger partial charge in [-0.05, 0) is 30.3 Å². The van der Waals surface area contributed by atoms with Crippen molar-refractivity contribution in [1.82, 2.24) is 4.98 Å². The first-order valence-electron chi connectivity index (χ1n) is 5.14. The van der Waals surface area contributed by atoms with Crippen LogP contribution in [0.1, 0.15) is 10.4 Å². The molecule has 18 heavy (non-hydrogen) atoms. The molecule has 6 heteroatoms. The average molecular weight is 263 g/mol. The quantitative estimate of drug-likeness (QED) is 0.571. The van der Waals surface area contributed by atoms with E-state index in [1.807, 2.05) is 0 Å². The molecule has 0 aliphatic carbocycles. The van der Waals surface area contributed by atoms with Crippen LogP contribution in [0.5, 0.6) is 0 Å². The molecule has 0 bridgehead atoms. The van der Waals surface area contributed by atoms with E-state index in [-0.39, 0.29) is 5.91 Å². The number of rotatable bonds is 2. The monoisotopic (exact) mass is 262 g/mol. The van der Waals surface area contributed by atoms with Gasteiger partial charge in [-0.2, -0.15) is 0 Å². The first-order chi connectivity index (χ1) is 8.56. The van der Waals surface area contributed by atoms with Crippen LogP contribution >= 0.6 is 11.6 Å². The van der Waals surface area contributed by atoms with Crippen molar-refractivity contribution >= 4 is 34.6 Å². The highest BCUT2D eigenvalue weighted by atomic mass is 35.5. The fourth-order valence-electron chi connectivity index (χ4n) is 1.44. The molecule has 1 aromatic heterocycles. The molecule has 92 valence electrons. The van der Waals surface area contributed by atoms with Gasteiger partial charge in [-0.25, -0.2) is 4.98 Å². The number of halogens is 1. The summed E-state index contributed by atoms with van der Waals surface area (Å²) in [5.74, 6) is -0.323. The number of benzene rings is 1. The minimum atomic E-state index is -0.323. The number of aromatic nitrogens is 1. The van der Waals surface area contributed by atoms with Gasteiger partial charge in [0, 0.05) is 11.4 Å². The Bertz CT molecular complexity index is 583. The topological polar surface area (TPSA) is 94.0 Å². The van der Waals surface area contributed by atoms with Gasteiger partial charge in [0.2, 0.25) is 0 Å². The third-order valence-corrected chi connectivity index (χ3v) is 2.53. The summed E-state index contributed by atoms with van der Waals surface area (Å²) in [6.07, 6.45) is 1.47. The molecule has 5 N–H and O–H groups in total. The molecule has 0 aliphatic rings. The van der Waals surface area contributed by atoms with Gasteiger partial charge >= 0.3 is 0 Å². The zero-order chi connectivity index (χ0) is 13.1. The van der Waals surface area contributed by atoms with Crippen LogP contribution in [0.4, 0.5) is 17.1 Å². The summed E-state index contributed by atoms with van der Waals surface area (Å²) in [7, 11) is 0. The van der Waals surface area contributed by atoms with Crippen molar-refractivity contribution in [2.45, 2.75) is 0 Å². The highest BCUT2D eigenvalue weighted by Gasteiger charge is 2.10. The van der Waals surface area contributed by atoms with E-state index in [1.54, 1.807) is 24.3 Å². The summed E-state index contributed by atoms with van der Waals surface area (Å²) in [6.45, 7) is 0. The molecular weight excluding hydrogens is 252 g/mol. The normalized spacial score (nSPS) is 10.1. The molecule has 1 aromatic carbocycles. The lowest BCUT2D eigenvalue weighted by Crippen LogP contribution is -2.14. The van der Waals surface area contributed by atoms with Crippen molar-refractivity contribution in [2.24, 2.45) is 0 Å². The molecule has 0 saturated heterocycles. The van der Waals surface area contributed by atoms with Gasteiger partial charge in [-0.15, -0.1) is 0 Å². The number of hydrogen-bond acceptors (Lipinski definition) is 4. The van der Waals surface area contributed by atoms with Gasteiger partial charge in [0.1, 0.15) is 5.15 Å². The fourth-order valence-corrected chi connectivity index (χ4v) is 1.55. The van der Waals surface area contributed by atoms with Crippen LogP contribution in [0.3, 0.4) is 0 Å². The third kappa shape index (κ3) is 2.70. The molecular formula is C12H11ClN4O. The zero-order valence-corrected chi connectivity index (χ0v) is 10.1. The van der Waals surface area contributed by atoms with Crippen LogP contribution in [0.15, 0.2) is 36.5 Å². The first-order valence-corrected chi connectivity index (χ1v) is 5.52. The van der Waals surface area contributed by atoms with E-state index in [0.717, 1.165) is 0 Å². The van der Waals surface area contributed by atoms with Gasteiger partial charge in [-0.3, -0.25) is 4.79 Å². The minimum absolute atomic E-state index is 0.323. The maximum Gasteiger partial charge on any atom is 0.257 e. The Labute approximate surface area is 109 Å². The van der Waals surface area contributed by atoms with Crippen molar-refractivity contribution in [2.75, 3.05) is 16.8 Å². The molecule has 2 aromatic rings. The molecule has 0 fully saturated rings. The van der Waals surface area contributed by atoms with Gasteiger partial charge in [-0.1, -0.05) is 11.6 Å². The van der Waals surface area contributed by atoms with Crippen LogP contribution < -0.4 is 16.8 Å². The SMILES string of the molecule is Nc1ccc(C(=O)Nc2ccc(Cl)nc2)c(N)c1. The van der Waals surface area contributed by atoms with Crippen molar-refractivity contribution in [3.8, 4) is 0 Å². The number of nitrogens with two attached hydrogens (primary N) is 2. The molecule has 0 saturated carbocycles. The van der Waals surface area contributed by atoms with E-state index in [1.165, 1.54) is 12.3 Å². The second-order valence-corrected chi connectivity index (χ2v) is 4.06. The van der Waals surface area contributed by atoms with E-state index in [9.17, 15) is 4.79 Å². The molecule has 0 unspecified atom stereocenters. The summed E-state index contributed by atoms with van der Waals surface area (Å²) in [5.41, 5.74) is 13.0. The van der Waals surface area contributed by atoms with Crippen molar-refractivity contribution in [3.63, 3.8) is 0 Å². The number of hydrogen-bond donors (Lipinski definition) is 3. The van der Waals surface area contributed by atoms with Gasteiger partial charge in [0.15, 0.2) is 0 Å². The number of pyridine rings is 1. The van der Waals surface area contributed by atoms with Crippen LogP contribution in [-0.4, -0.2) is 10.9 Å². The summed E-state index contributed by atoms with van der Waals surface area (Å²) >= 11 is 5.65. The van der Waals surface area contributed by atoms with Crippen LogP contribution in [0.25, 0.3) is 0 Å². The molecule has 2 rings (SSSR count). The number of nitrogens with zero attached hydrogens (tertiary/aromatic N) is 1. The fraction of sp³-hybridized carbons (Fsp3) is 0. The standard InChI is InChI=1S/C12H11ClN4O/c13-11-4-2-8(6-16-11)17-12(18)9-3-1-7(14)5-10(9)15/h1-6H,14-15H2,(H,17,18). The lowest BCUT2D eigenvalue weighted by molar-refractivity contribution is 0.102.